The zero-order valence-electron chi connectivity index (χ0n) is 11.1. The minimum Gasteiger partial charge on any atom is -0.372 e. The van der Waals surface area contributed by atoms with Crippen LogP contribution in [0.2, 0.25) is 0 Å². The van der Waals surface area contributed by atoms with Crippen LogP contribution in [0.4, 0.5) is 5.69 Å². The predicted molar refractivity (Wildman–Crippen MR) is 72.8 cm³/mol. The minimum absolute atomic E-state index is 0.131. The van der Waals surface area contributed by atoms with E-state index in [-0.39, 0.29) is 11.4 Å². The highest BCUT2D eigenvalue weighted by Gasteiger charge is 2.31. The van der Waals surface area contributed by atoms with Gasteiger partial charge in [0.25, 0.3) is 0 Å². The molecular weight excluding hydrogens is 224 g/mol. The van der Waals surface area contributed by atoms with E-state index in [1.807, 2.05) is 0 Å². The van der Waals surface area contributed by atoms with Crippen LogP contribution >= 0.6 is 0 Å². The number of carbonyl (C=O) groups excluding carboxylic acids is 1. The van der Waals surface area contributed by atoms with Gasteiger partial charge in [-0.1, -0.05) is 6.07 Å². The fourth-order valence-corrected chi connectivity index (χ4v) is 3.14. The summed E-state index contributed by atoms with van der Waals surface area (Å²) in [5.74, 6) is 0.131. The molecule has 0 atom stereocenters. The van der Waals surface area contributed by atoms with Gasteiger partial charge in [0.2, 0.25) is 5.91 Å². The van der Waals surface area contributed by atoms with E-state index in [9.17, 15) is 4.79 Å². The predicted octanol–water partition coefficient (Wildman–Crippen LogP) is 2.19. The van der Waals surface area contributed by atoms with E-state index < -0.39 is 0 Å². The number of hydrogen-bond donors (Lipinski definition) is 1. The smallest absolute Gasteiger partial charge is 0.225 e. The third-order valence-electron chi connectivity index (χ3n) is 4.04. The first-order valence-corrected chi connectivity index (χ1v) is 6.76. The number of carbonyl (C=O) groups is 1. The summed E-state index contributed by atoms with van der Waals surface area (Å²) in [6.45, 7) is 6.43. The van der Waals surface area contributed by atoms with Crippen molar-refractivity contribution in [3.63, 3.8) is 0 Å². The second-order valence-electron chi connectivity index (χ2n) is 5.89. The lowest BCUT2D eigenvalue weighted by atomic mass is 9.85. The highest BCUT2D eigenvalue weighted by Crippen LogP contribution is 2.32. The zero-order chi connectivity index (χ0) is 12.8. The van der Waals surface area contributed by atoms with E-state index in [0.29, 0.717) is 6.42 Å². The molecule has 1 fully saturated rings. The lowest BCUT2D eigenvalue weighted by Crippen LogP contribution is -2.46. The normalized spacial score (nSPS) is 21.7. The van der Waals surface area contributed by atoms with Gasteiger partial charge in [0.05, 0.1) is 12.0 Å². The molecule has 2 aliphatic heterocycles. The molecule has 1 aromatic carbocycles. The number of benzene rings is 1. The molecule has 0 saturated carbocycles. The minimum atomic E-state index is -0.242. The summed E-state index contributed by atoms with van der Waals surface area (Å²) in [7, 11) is 0. The van der Waals surface area contributed by atoms with Crippen LogP contribution in [-0.2, 0) is 16.8 Å². The maximum atomic E-state index is 11.7. The molecule has 0 aromatic heterocycles. The number of nitrogens with one attached hydrogen (secondary N) is 1. The molecule has 0 unspecified atom stereocenters. The molecule has 1 aromatic rings. The fraction of sp³-hybridized carbons (Fsp3) is 0.533. The summed E-state index contributed by atoms with van der Waals surface area (Å²) >= 11 is 0. The second kappa shape index (κ2) is 4.01. The first kappa shape index (κ1) is 11.6. The Labute approximate surface area is 108 Å². The quantitative estimate of drug-likeness (QED) is 0.821. The maximum absolute atomic E-state index is 11.7. The third-order valence-corrected chi connectivity index (χ3v) is 4.04. The van der Waals surface area contributed by atoms with Crippen molar-refractivity contribution in [1.82, 2.24) is 5.32 Å². The highest BCUT2D eigenvalue weighted by molar-refractivity contribution is 5.82. The van der Waals surface area contributed by atoms with Gasteiger partial charge in [-0.15, -0.1) is 0 Å². The number of hydrogen-bond acceptors (Lipinski definition) is 2. The van der Waals surface area contributed by atoms with Gasteiger partial charge in [0, 0.05) is 18.8 Å². The summed E-state index contributed by atoms with van der Waals surface area (Å²) in [5.41, 5.74) is 3.48. The second-order valence-corrected chi connectivity index (χ2v) is 5.89. The molecule has 2 aliphatic rings. The lowest BCUT2D eigenvalue weighted by Gasteiger charge is -2.34. The maximum Gasteiger partial charge on any atom is 0.225 e. The van der Waals surface area contributed by atoms with Gasteiger partial charge in [-0.2, -0.15) is 0 Å². The van der Waals surface area contributed by atoms with Crippen LogP contribution in [0.1, 0.15) is 37.8 Å². The van der Waals surface area contributed by atoms with Gasteiger partial charge in [-0.3, -0.25) is 4.79 Å². The summed E-state index contributed by atoms with van der Waals surface area (Å²) in [6, 6.07) is 6.59. The third kappa shape index (κ3) is 1.88. The molecule has 3 heteroatoms. The van der Waals surface area contributed by atoms with E-state index in [0.717, 1.165) is 13.1 Å². The number of rotatable bonds is 1. The van der Waals surface area contributed by atoms with Crippen LogP contribution in [0.25, 0.3) is 0 Å². The molecule has 1 amide bonds. The Morgan fingerprint density at radius 3 is 2.67 bits per heavy atom. The molecule has 1 saturated heterocycles. The van der Waals surface area contributed by atoms with E-state index in [2.05, 4.69) is 42.3 Å². The molecule has 96 valence electrons. The summed E-state index contributed by atoms with van der Waals surface area (Å²) in [4.78, 5) is 14.2. The van der Waals surface area contributed by atoms with Gasteiger partial charge in [0.1, 0.15) is 0 Å². The van der Waals surface area contributed by atoms with Crippen molar-refractivity contribution in [3.05, 3.63) is 29.3 Å². The van der Waals surface area contributed by atoms with Crippen molar-refractivity contribution in [2.75, 3.05) is 18.0 Å². The average Bonchev–Trinajstić information content (AvgIpc) is 2.80. The van der Waals surface area contributed by atoms with Crippen LogP contribution in [-0.4, -0.2) is 19.0 Å². The Bertz CT molecular complexity index is 487. The van der Waals surface area contributed by atoms with Gasteiger partial charge >= 0.3 is 0 Å². The summed E-state index contributed by atoms with van der Waals surface area (Å²) in [5, 5.41) is 3.05. The van der Waals surface area contributed by atoms with E-state index >= 15 is 0 Å². The Morgan fingerprint density at radius 1 is 1.22 bits per heavy atom. The summed E-state index contributed by atoms with van der Waals surface area (Å²) < 4.78 is 0. The number of nitrogens with zero attached hydrogens (tertiary/aromatic N) is 1. The van der Waals surface area contributed by atoms with Crippen LogP contribution in [0.3, 0.4) is 0 Å². The fourth-order valence-electron chi connectivity index (χ4n) is 3.14. The Morgan fingerprint density at radius 2 is 1.94 bits per heavy atom. The van der Waals surface area contributed by atoms with Crippen molar-refractivity contribution in [2.45, 2.75) is 38.6 Å². The molecule has 3 rings (SSSR count). The van der Waals surface area contributed by atoms with E-state index in [1.165, 1.54) is 29.7 Å². The van der Waals surface area contributed by atoms with Crippen LogP contribution in [0.15, 0.2) is 18.2 Å². The molecule has 18 heavy (non-hydrogen) atoms. The molecule has 0 radical (unpaired) electrons. The number of fused-ring (bicyclic) bond motifs is 1. The van der Waals surface area contributed by atoms with Crippen molar-refractivity contribution < 1.29 is 4.79 Å². The number of amides is 1. The molecule has 1 N–H and O–H groups in total. The first-order chi connectivity index (χ1) is 8.56. The molecule has 0 bridgehead atoms. The Kier molecular flexibility index (Phi) is 2.58. The Hall–Kier alpha value is -1.51. The average molecular weight is 244 g/mol. The van der Waals surface area contributed by atoms with Crippen molar-refractivity contribution >= 4 is 11.6 Å². The standard InChI is InChI=1S/C15H20N2O/c1-15(2)13-6-5-12(17-7-3-4-8-17)9-11(13)10-14(18)16-15/h5-6,9H,3-4,7-8,10H2,1-2H3,(H,16,18). The topological polar surface area (TPSA) is 32.3 Å². The van der Waals surface area contributed by atoms with Gasteiger partial charge in [-0.25, -0.2) is 0 Å². The van der Waals surface area contributed by atoms with Gasteiger partial charge in [-0.05, 0) is 49.9 Å². The molecule has 0 aliphatic carbocycles. The van der Waals surface area contributed by atoms with Crippen molar-refractivity contribution in [3.8, 4) is 0 Å². The van der Waals surface area contributed by atoms with Gasteiger partial charge in [0.15, 0.2) is 0 Å². The van der Waals surface area contributed by atoms with Crippen LogP contribution < -0.4 is 10.2 Å². The Balaban J connectivity index is 1.99. The molecular formula is C15H20N2O. The zero-order valence-corrected chi connectivity index (χ0v) is 11.1. The van der Waals surface area contributed by atoms with E-state index in [1.54, 1.807) is 0 Å². The van der Waals surface area contributed by atoms with Crippen LogP contribution in [0, 0.1) is 0 Å². The van der Waals surface area contributed by atoms with Crippen molar-refractivity contribution in [2.24, 2.45) is 0 Å². The largest absolute Gasteiger partial charge is 0.372 e. The van der Waals surface area contributed by atoms with E-state index in [4.69, 9.17) is 0 Å². The SMILES string of the molecule is CC1(C)NC(=O)Cc2cc(N3CCCC3)ccc21. The molecule has 2 heterocycles. The molecule has 0 spiro atoms. The monoisotopic (exact) mass is 244 g/mol. The van der Waals surface area contributed by atoms with Gasteiger partial charge < -0.3 is 10.2 Å². The van der Waals surface area contributed by atoms with Crippen LogP contribution in [0.5, 0.6) is 0 Å². The summed E-state index contributed by atoms with van der Waals surface area (Å²) in [6.07, 6.45) is 3.08. The highest BCUT2D eigenvalue weighted by atomic mass is 16.1. The van der Waals surface area contributed by atoms with Crippen molar-refractivity contribution in [1.29, 1.82) is 0 Å². The number of anilines is 1. The first-order valence-electron chi connectivity index (χ1n) is 6.76. The molecule has 3 nitrogen and oxygen atoms in total. The lowest BCUT2D eigenvalue weighted by molar-refractivity contribution is -0.122.